The number of nitrogens with zero attached hydrogens (tertiary/aromatic N) is 2. The molecule has 6 nitrogen and oxygen atoms in total. The molecule has 0 unspecified atom stereocenters. The van der Waals surface area contributed by atoms with Crippen LogP contribution in [0, 0.1) is 0 Å². The minimum absolute atomic E-state index is 0.0400. The summed E-state index contributed by atoms with van der Waals surface area (Å²) in [5, 5.41) is 8.84. The first-order valence-corrected chi connectivity index (χ1v) is 7.09. The van der Waals surface area contributed by atoms with Gasteiger partial charge in [-0.2, -0.15) is 4.31 Å². The summed E-state index contributed by atoms with van der Waals surface area (Å²) in [5.41, 5.74) is 0. The molecule has 1 aliphatic rings. The van der Waals surface area contributed by atoms with Crippen LogP contribution in [-0.2, 0) is 14.8 Å². The van der Waals surface area contributed by atoms with Crippen LogP contribution >= 0.6 is 0 Å². The summed E-state index contributed by atoms with van der Waals surface area (Å²) < 4.78 is 25.7. The van der Waals surface area contributed by atoms with Crippen LogP contribution < -0.4 is 0 Å². The fourth-order valence-corrected chi connectivity index (χ4v) is 3.45. The number of rotatable bonds is 5. The van der Waals surface area contributed by atoms with Gasteiger partial charge in [0.25, 0.3) is 0 Å². The summed E-state index contributed by atoms with van der Waals surface area (Å²) in [7, 11) is -3.77. The van der Waals surface area contributed by atoms with Crippen molar-refractivity contribution in [1.82, 2.24) is 9.29 Å². The van der Waals surface area contributed by atoms with E-state index in [1.54, 1.807) is 0 Å². The van der Waals surface area contributed by atoms with Crippen LogP contribution in [0.15, 0.2) is 29.4 Å². The molecule has 1 saturated carbocycles. The molecule has 0 spiro atoms. The molecule has 98 valence electrons. The van der Waals surface area contributed by atoms with E-state index in [0.29, 0.717) is 12.8 Å². The lowest BCUT2D eigenvalue weighted by molar-refractivity contribution is -0.137. The van der Waals surface area contributed by atoms with Gasteiger partial charge in [0.15, 0.2) is 0 Å². The van der Waals surface area contributed by atoms with Gasteiger partial charge in [-0.15, -0.1) is 0 Å². The van der Waals surface area contributed by atoms with Crippen molar-refractivity contribution in [2.45, 2.75) is 30.2 Å². The van der Waals surface area contributed by atoms with Crippen molar-refractivity contribution in [2.24, 2.45) is 0 Å². The van der Waals surface area contributed by atoms with Crippen LogP contribution in [0.1, 0.15) is 19.3 Å². The summed E-state index contributed by atoms with van der Waals surface area (Å²) in [6, 6.07) is 2.74. The van der Waals surface area contributed by atoms with Crippen LogP contribution in [0.25, 0.3) is 0 Å². The molecule has 0 atom stereocenters. The molecule has 1 fully saturated rings. The van der Waals surface area contributed by atoms with Crippen LogP contribution in [0.4, 0.5) is 0 Å². The number of aromatic nitrogens is 1. The normalized spacial score (nSPS) is 16.5. The van der Waals surface area contributed by atoms with E-state index in [1.807, 2.05) is 0 Å². The highest BCUT2D eigenvalue weighted by molar-refractivity contribution is 7.89. The Bertz CT molecular complexity index is 525. The van der Waals surface area contributed by atoms with Crippen LogP contribution in [0.5, 0.6) is 0 Å². The van der Waals surface area contributed by atoms with Crippen molar-refractivity contribution in [1.29, 1.82) is 0 Å². The van der Waals surface area contributed by atoms with Crippen molar-refractivity contribution in [3.63, 3.8) is 0 Å². The fourth-order valence-electron chi connectivity index (χ4n) is 1.85. The number of carbonyl (C=O) groups is 1. The Morgan fingerprint density at radius 1 is 1.50 bits per heavy atom. The zero-order valence-electron chi connectivity index (χ0n) is 9.69. The van der Waals surface area contributed by atoms with Crippen LogP contribution in [-0.4, -0.2) is 41.4 Å². The molecule has 1 N–H and O–H groups in total. The van der Waals surface area contributed by atoms with Gasteiger partial charge in [0, 0.05) is 18.4 Å². The Morgan fingerprint density at radius 2 is 2.22 bits per heavy atom. The van der Waals surface area contributed by atoms with Gasteiger partial charge in [0.2, 0.25) is 10.0 Å². The average molecular weight is 270 g/mol. The number of aliphatic carboxylic acids is 1. The standard InChI is InChI=1S/C11H14N2O4S/c14-11(15)8-13(9-3-1-4-9)18(16,17)10-5-2-6-12-7-10/h2,5-7,9H,1,3-4,8H2,(H,14,15). The lowest BCUT2D eigenvalue weighted by Gasteiger charge is -2.35. The van der Waals surface area contributed by atoms with Crippen molar-refractivity contribution >= 4 is 16.0 Å². The molecule has 0 amide bonds. The molecule has 1 aliphatic carbocycles. The van der Waals surface area contributed by atoms with Gasteiger partial charge in [0.05, 0.1) is 0 Å². The first-order valence-electron chi connectivity index (χ1n) is 5.65. The molecule has 2 rings (SSSR count). The molecule has 1 heterocycles. The van der Waals surface area contributed by atoms with Gasteiger partial charge in [-0.1, -0.05) is 6.42 Å². The Balaban J connectivity index is 2.32. The predicted octanol–water partition coefficient (Wildman–Crippen LogP) is 0.709. The lowest BCUT2D eigenvalue weighted by Crippen LogP contribution is -2.46. The number of pyridine rings is 1. The minimum Gasteiger partial charge on any atom is -0.480 e. The molecular formula is C11H14N2O4S. The van der Waals surface area contributed by atoms with Crippen molar-refractivity contribution in [2.75, 3.05) is 6.54 Å². The Hall–Kier alpha value is -1.47. The van der Waals surface area contributed by atoms with Gasteiger partial charge < -0.3 is 5.11 Å². The Labute approximate surface area is 105 Å². The Kier molecular flexibility index (Phi) is 3.63. The first kappa shape index (κ1) is 13.0. The van der Waals surface area contributed by atoms with Crippen molar-refractivity contribution in [3.8, 4) is 0 Å². The molecule has 0 saturated heterocycles. The van der Waals surface area contributed by atoms with E-state index in [1.165, 1.54) is 24.5 Å². The number of hydrogen-bond acceptors (Lipinski definition) is 4. The topological polar surface area (TPSA) is 87.6 Å². The van der Waals surface area contributed by atoms with Gasteiger partial charge in [0.1, 0.15) is 11.4 Å². The third-order valence-corrected chi connectivity index (χ3v) is 4.90. The molecule has 18 heavy (non-hydrogen) atoms. The van der Waals surface area contributed by atoms with E-state index in [2.05, 4.69) is 4.98 Å². The second-order valence-corrected chi connectivity index (χ2v) is 6.11. The molecule has 0 bridgehead atoms. The zero-order chi connectivity index (χ0) is 13.2. The summed E-state index contributed by atoms with van der Waals surface area (Å²) >= 11 is 0. The molecule has 1 aromatic heterocycles. The quantitative estimate of drug-likeness (QED) is 0.851. The highest BCUT2D eigenvalue weighted by Crippen LogP contribution is 2.29. The van der Waals surface area contributed by atoms with E-state index >= 15 is 0 Å². The fraction of sp³-hybridized carbons (Fsp3) is 0.455. The second kappa shape index (κ2) is 5.03. The number of hydrogen-bond donors (Lipinski definition) is 1. The highest BCUT2D eigenvalue weighted by Gasteiger charge is 2.36. The zero-order valence-corrected chi connectivity index (χ0v) is 10.5. The second-order valence-electron chi connectivity index (χ2n) is 4.22. The Morgan fingerprint density at radius 3 is 2.67 bits per heavy atom. The molecule has 0 aliphatic heterocycles. The van der Waals surface area contributed by atoms with Gasteiger partial charge in [-0.05, 0) is 25.0 Å². The maximum atomic E-state index is 12.3. The number of carboxylic acid groups (broad SMARTS) is 1. The van der Waals surface area contributed by atoms with Gasteiger partial charge >= 0.3 is 5.97 Å². The summed E-state index contributed by atoms with van der Waals surface area (Å²) in [6.45, 7) is -0.498. The summed E-state index contributed by atoms with van der Waals surface area (Å²) in [6.07, 6.45) is 5.08. The highest BCUT2D eigenvalue weighted by atomic mass is 32.2. The smallest absolute Gasteiger partial charge is 0.318 e. The largest absolute Gasteiger partial charge is 0.480 e. The first-order chi connectivity index (χ1) is 8.51. The predicted molar refractivity (Wildman–Crippen MR) is 63.4 cm³/mol. The third kappa shape index (κ3) is 2.51. The minimum atomic E-state index is -3.77. The van der Waals surface area contributed by atoms with Crippen molar-refractivity contribution in [3.05, 3.63) is 24.5 Å². The maximum absolute atomic E-state index is 12.3. The maximum Gasteiger partial charge on any atom is 0.318 e. The van der Waals surface area contributed by atoms with E-state index in [-0.39, 0.29) is 10.9 Å². The average Bonchev–Trinajstić information content (AvgIpc) is 2.26. The monoisotopic (exact) mass is 270 g/mol. The van der Waals surface area contributed by atoms with Crippen molar-refractivity contribution < 1.29 is 18.3 Å². The number of sulfonamides is 1. The van der Waals surface area contributed by atoms with Crippen LogP contribution in [0.2, 0.25) is 0 Å². The van der Waals surface area contributed by atoms with E-state index in [4.69, 9.17) is 5.11 Å². The van der Waals surface area contributed by atoms with Gasteiger partial charge in [-0.25, -0.2) is 8.42 Å². The molecule has 0 radical (unpaired) electrons. The summed E-state index contributed by atoms with van der Waals surface area (Å²) in [4.78, 5) is 14.6. The number of carboxylic acids is 1. The molecule has 0 aromatic carbocycles. The van der Waals surface area contributed by atoms with Gasteiger partial charge in [-0.3, -0.25) is 9.78 Å². The molecular weight excluding hydrogens is 256 g/mol. The molecule has 7 heteroatoms. The van der Waals surface area contributed by atoms with E-state index in [9.17, 15) is 13.2 Å². The molecule has 1 aromatic rings. The summed E-state index contributed by atoms with van der Waals surface area (Å²) in [5.74, 6) is -1.14. The van der Waals surface area contributed by atoms with Crippen LogP contribution in [0.3, 0.4) is 0 Å². The lowest BCUT2D eigenvalue weighted by atomic mass is 9.93. The third-order valence-electron chi connectivity index (χ3n) is 3.01. The van der Waals surface area contributed by atoms with E-state index < -0.39 is 22.5 Å². The SMILES string of the molecule is O=C(O)CN(C1CCC1)S(=O)(=O)c1cccnc1. The van der Waals surface area contributed by atoms with E-state index in [0.717, 1.165) is 10.7 Å².